The van der Waals surface area contributed by atoms with E-state index >= 15 is 0 Å². The van der Waals surface area contributed by atoms with Crippen LogP contribution in [0.15, 0.2) is 24.3 Å². The molecule has 0 saturated carbocycles. The number of benzene rings is 1. The summed E-state index contributed by atoms with van der Waals surface area (Å²) in [6.45, 7) is 0.928. The fourth-order valence-corrected chi connectivity index (χ4v) is 3.14. The average molecular weight is 321 g/mol. The van der Waals surface area contributed by atoms with E-state index < -0.39 is 0 Å². The molecule has 0 unspecified atom stereocenters. The Morgan fingerprint density at radius 3 is 2.50 bits per heavy atom. The molecule has 22 heavy (non-hydrogen) atoms. The largest absolute Gasteiger partial charge is 0.338 e. The lowest BCUT2D eigenvalue weighted by molar-refractivity contribution is -0.151. The van der Waals surface area contributed by atoms with Crippen molar-refractivity contribution in [1.82, 2.24) is 9.80 Å². The third-order valence-electron chi connectivity index (χ3n) is 4.19. The number of imide groups is 1. The van der Waals surface area contributed by atoms with Crippen LogP contribution in [0.25, 0.3) is 0 Å². The fourth-order valence-electron chi connectivity index (χ4n) is 2.93. The number of hydrogen-bond acceptors (Lipinski definition) is 3. The highest BCUT2D eigenvalue weighted by Gasteiger charge is 2.42. The molecule has 2 aliphatic heterocycles. The van der Waals surface area contributed by atoms with E-state index in [4.69, 9.17) is 11.6 Å². The number of halogens is 1. The first-order chi connectivity index (χ1) is 10.5. The minimum absolute atomic E-state index is 0.0512. The second-order valence-electron chi connectivity index (χ2n) is 5.74. The van der Waals surface area contributed by atoms with Gasteiger partial charge in [0.15, 0.2) is 0 Å². The van der Waals surface area contributed by atoms with Gasteiger partial charge in [0.2, 0.25) is 17.7 Å². The fraction of sp³-hybridized carbons (Fsp3) is 0.438. The molecule has 2 aliphatic rings. The molecular weight excluding hydrogens is 304 g/mol. The SMILES string of the molecule is O=C(CCc1cccc(Cl)c1)N1CC(N2C(=O)CCC2=O)C1. The van der Waals surface area contributed by atoms with Gasteiger partial charge in [0.25, 0.3) is 0 Å². The minimum Gasteiger partial charge on any atom is -0.338 e. The molecule has 0 aliphatic carbocycles. The van der Waals surface area contributed by atoms with Crippen LogP contribution in [-0.4, -0.2) is 46.7 Å². The van der Waals surface area contributed by atoms with E-state index in [2.05, 4.69) is 0 Å². The van der Waals surface area contributed by atoms with E-state index in [0.29, 0.717) is 43.8 Å². The zero-order valence-corrected chi connectivity index (χ0v) is 12.9. The molecule has 2 saturated heterocycles. The van der Waals surface area contributed by atoms with Crippen molar-refractivity contribution in [3.63, 3.8) is 0 Å². The van der Waals surface area contributed by atoms with E-state index in [1.807, 2.05) is 18.2 Å². The van der Waals surface area contributed by atoms with Crippen LogP contribution in [0.2, 0.25) is 5.02 Å². The Labute approximate surface area is 133 Å². The first kappa shape index (κ1) is 15.0. The predicted octanol–water partition coefficient (Wildman–Crippen LogP) is 1.63. The number of hydrogen-bond donors (Lipinski definition) is 0. The van der Waals surface area contributed by atoms with Gasteiger partial charge in [-0.05, 0) is 24.1 Å². The van der Waals surface area contributed by atoms with Crippen LogP contribution in [0.5, 0.6) is 0 Å². The smallest absolute Gasteiger partial charge is 0.230 e. The van der Waals surface area contributed by atoms with Crippen molar-refractivity contribution in [3.8, 4) is 0 Å². The average Bonchev–Trinajstić information content (AvgIpc) is 2.76. The topological polar surface area (TPSA) is 57.7 Å². The normalized spacial score (nSPS) is 18.8. The van der Waals surface area contributed by atoms with Gasteiger partial charge in [-0.3, -0.25) is 19.3 Å². The van der Waals surface area contributed by atoms with E-state index in [1.165, 1.54) is 4.90 Å². The molecule has 0 bridgehead atoms. The second-order valence-corrected chi connectivity index (χ2v) is 6.18. The predicted molar refractivity (Wildman–Crippen MR) is 81.2 cm³/mol. The summed E-state index contributed by atoms with van der Waals surface area (Å²) in [6, 6.07) is 7.34. The van der Waals surface area contributed by atoms with Crippen molar-refractivity contribution in [2.75, 3.05) is 13.1 Å². The molecule has 0 spiro atoms. The number of carbonyl (C=O) groups is 3. The molecule has 3 rings (SSSR count). The van der Waals surface area contributed by atoms with Crippen molar-refractivity contribution in [1.29, 1.82) is 0 Å². The summed E-state index contributed by atoms with van der Waals surface area (Å²) in [6.07, 6.45) is 1.66. The number of likely N-dealkylation sites (tertiary alicyclic amines) is 2. The summed E-state index contributed by atoms with van der Waals surface area (Å²) in [5.41, 5.74) is 1.03. The zero-order valence-electron chi connectivity index (χ0n) is 12.1. The molecule has 0 atom stereocenters. The van der Waals surface area contributed by atoms with Crippen LogP contribution in [0.4, 0.5) is 0 Å². The molecule has 0 aromatic heterocycles. The molecule has 0 N–H and O–H groups in total. The Morgan fingerprint density at radius 2 is 1.86 bits per heavy atom. The van der Waals surface area contributed by atoms with Gasteiger partial charge in [0.05, 0.1) is 6.04 Å². The van der Waals surface area contributed by atoms with Gasteiger partial charge in [-0.15, -0.1) is 0 Å². The van der Waals surface area contributed by atoms with Crippen molar-refractivity contribution in [2.45, 2.75) is 31.7 Å². The van der Waals surface area contributed by atoms with Crippen molar-refractivity contribution in [2.24, 2.45) is 0 Å². The van der Waals surface area contributed by atoms with Crippen molar-refractivity contribution in [3.05, 3.63) is 34.9 Å². The first-order valence-corrected chi connectivity index (χ1v) is 7.79. The molecule has 1 aromatic carbocycles. The quantitative estimate of drug-likeness (QED) is 0.792. The van der Waals surface area contributed by atoms with Crippen molar-refractivity contribution >= 4 is 29.3 Å². The van der Waals surface area contributed by atoms with Gasteiger partial charge in [-0.2, -0.15) is 0 Å². The minimum atomic E-state index is -0.127. The summed E-state index contributed by atoms with van der Waals surface area (Å²) < 4.78 is 0. The number of aryl methyl sites for hydroxylation is 1. The Kier molecular flexibility index (Phi) is 4.16. The number of amides is 3. The monoisotopic (exact) mass is 320 g/mol. The maximum absolute atomic E-state index is 12.1. The maximum atomic E-state index is 12.1. The van der Waals surface area contributed by atoms with Crippen LogP contribution < -0.4 is 0 Å². The first-order valence-electron chi connectivity index (χ1n) is 7.41. The Morgan fingerprint density at radius 1 is 1.18 bits per heavy atom. The van der Waals surface area contributed by atoms with Crippen LogP contribution in [0.1, 0.15) is 24.8 Å². The molecule has 5 nitrogen and oxygen atoms in total. The highest BCUT2D eigenvalue weighted by Crippen LogP contribution is 2.23. The van der Waals surface area contributed by atoms with Crippen LogP contribution in [-0.2, 0) is 20.8 Å². The lowest BCUT2D eigenvalue weighted by Crippen LogP contribution is -2.62. The molecule has 2 heterocycles. The van der Waals surface area contributed by atoms with Gasteiger partial charge in [-0.1, -0.05) is 23.7 Å². The molecular formula is C16H17ClN2O3. The van der Waals surface area contributed by atoms with Gasteiger partial charge in [-0.25, -0.2) is 0 Å². The Bertz CT molecular complexity index is 610. The standard InChI is InChI=1S/C16H17ClN2O3/c17-12-3-1-2-11(8-12)4-5-14(20)18-9-13(10-18)19-15(21)6-7-16(19)22/h1-3,8,13H,4-7,9-10H2. The van der Waals surface area contributed by atoms with Crippen LogP contribution in [0, 0.1) is 0 Å². The summed E-state index contributed by atoms with van der Waals surface area (Å²) in [5, 5.41) is 0.667. The summed E-state index contributed by atoms with van der Waals surface area (Å²) in [4.78, 5) is 38.4. The number of carbonyl (C=O) groups excluding carboxylic acids is 3. The van der Waals surface area contributed by atoms with E-state index in [9.17, 15) is 14.4 Å². The lowest BCUT2D eigenvalue weighted by Gasteiger charge is -2.43. The van der Waals surface area contributed by atoms with Crippen molar-refractivity contribution < 1.29 is 14.4 Å². The highest BCUT2D eigenvalue weighted by atomic mass is 35.5. The second kappa shape index (κ2) is 6.08. The number of rotatable bonds is 4. The zero-order chi connectivity index (χ0) is 15.7. The summed E-state index contributed by atoms with van der Waals surface area (Å²) >= 11 is 5.92. The Balaban J connectivity index is 1.47. The molecule has 0 radical (unpaired) electrons. The van der Waals surface area contributed by atoms with Crippen LogP contribution >= 0.6 is 11.6 Å². The highest BCUT2D eigenvalue weighted by molar-refractivity contribution is 6.30. The van der Waals surface area contributed by atoms with E-state index in [-0.39, 0.29) is 23.8 Å². The van der Waals surface area contributed by atoms with Gasteiger partial charge in [0.1, 0.15) is 0 Å². The molecule has 6 heteroatoms. The molecule has 1 aromatic rings. The molecule has 2 fully saturated rings. The lowest BCUT2D eigenvalue weighted by atomic mass is 10.0. The summed E-state index contributed by atoms with van der Waals surface area (Å²) in [7, 11) is 0. The van der Waals surface area contributed by atoms with Gasteiger partial charge in [0, 0.05) is 37.4 Å². The van der Waals surface area contributed by atoms with E-state index in [0.717, 1.165) is 5.56 Å². The third-order valence-corrected chi connectivity index (χ3v) is 4.42. The van der Waals surface area contributed by atoms with Crippen LogP contribution in [0.3, 0.4) is 0 Å². The van der Waals surface area contributed by atoms with E-state index in [1.54, 1.807) is 11.0 Å². The van der Waals surface area contributed by atoms with Gasteiger partial charge >= 0.3 is 0 Å². The van der Waals surface area contributed by atoms with Gasteiger partial charge < -0.3 is 4.90 Å². The molecule has 116 valence electrons. The third kappa shape index (κ3) is 2.99. The molecule has 3 amide bonds. The Hall–Kier alpha value is -1.88. The maximum Gasteiger partial charge on any atom is 0.230 e. The number of nitrogens with zero attached hydrogens (tertiary/aromatic N) is 2. The summed E-state index contributed by atoms with van der Waals surface area (Å²) in [5.74, 6) is -0.169.